The Morgan fingerprint density at radius 1 is 1.71 bits per heavy atom. The topological polar surface area (TPSA) is 71.5 Å². The van der Waals surface area contributed by atoms with Gasteiger partial charge < -0.3 is 15.2 Å². The minimum atomic E-state index is -0.331. The minimum Gasteiger partial charge on any atom is -0.396 e. The van der Waals surface area contributed by atoms with E-state index in [9.17, 15) is 4.79 Å². The zero-order chi connectivity index (χ0) is 12.7. The predicted octanol–water partition coefficient (Wildman–Crippen LogP) is 0.862. The lowest BCUT2D eigenvalue weighted by Crippen LogP contribution is -2.39. The first-order valence-corrected chi connectivity index (χ1v) is 5.57. The van der Waals surface area contributed by atoms with E-state index in [0.717, 1.165) is 0 Å². The van der Waals surface area contributed by atoms with Gasteiger partial charge in [0.2, 0.25) is 0 Å². The predicted molar refractivity (Wildman–Crippen MR) is 64.1 cm³/mol. The summed E-state index contributed by atoms with van der Waals surface area (Å²) >= 11 is 5.76. The number of pyridine rings is 1. The van der Waals surface area contributed by atoms with Crippen molar-refractivity contribution < 1.29 is 14.6 Å². The van der Waals surface area contributed by atoms with Crippen LogP contribution in [0.3, 0.4) is 0 Å². The van der Waals surface area contributed by atoms with Crippen LogP contribution in [0.5, 0.6) is 0 Å². The van der Waals surface area contributed by atoms with Gasteiger partial charge in [0.15, 0.2) is 0 Å². The van der Waals surface area contributed by atoms with E-state index in [1.165, 1.54) is 19.4 Å². The second-order valence-electron chi connectivity index (χ2n) is 3.50. The fourth-order valence-electron chi connectivity index (χ4n) is 1.34. The van der Waals surface area contributed by atoms with Crippen molar-refractivity contribution in [2.24, 2.45) is 0 Å². The van der Waals surface area contributed by atoms with Crippen LogP contribution in [0.2, 0.25) is 5.02 Å². The summed E-state index contributed by atoms with van der Waals surface area (Å²) in [6.45, 7) is 0.324. The Bertz CT molecular complexity index is 367. The first-order chi connectivity index (χ1) is 8.17. The number of ether oxygens (including phenoxy) is 1. The Morgan fingerprint density at radius 3 is 3.06 bits per heavy atom. The Balaban J connectivity index is 2.63. The molecule has 1 unspecified atom stereocenters. The summed E-state index contributed by atoms with van der Waals surface area (Å²) in [5.74, 6) is -0.331. The van der Waals surface area contributed by atoms with Crippen LogP contribution in [0.4, 0.5) is 0 Å². The van der Waals surface area contributed by atoms with Crippen LogP contribution in [0, 0.1) is 0 Å². The molecule has 1 aromatic heterocycles. The molecule has 0 radical (unpaired) electrons. The van der Waals surface area contributed by atoms with E-state index < -0.39 is 0 Å². The molecule has 0 fully saturated rings. The van der Waals surface area contributed by atoms with E-state index in [-0.39, 0.29) is 24.2 Å². The maximum absolute atomic E-state index is 11.8. The van der Waals surface area contributed by atoms with Gasteiger partial charge in [0.25, 0.3) is 5.91 Å². The molecule has 0 aromatic carbocycles. The molecule has 1 aromatic rings. The Morgan fingerprint density at radius 2 is 2.47 bits per heavy atom. The summed E-state index contributed by atoms with van der Waals surface area (Å²) in [6.07, 6.45) is 1.90. The van der Waals surface area contributed by atoms with Gasteiger partial charge in [0.1, 0.15) is 5.69 Å². The van der Waals surface area contributed by atoms with E-state index in [2.05, 4.69) is 10.3 Å². The molecule has 1 amide bonds. The zero-order valence-electron chi connectivity index (χ0n) is 9.52. The summed E-state index contributed by atoms with van der Waals surface area (Å²) in [4.78, 5) is 15.7. The van der Waals surface area contributed by atoms with Gasteiger partial charge in [0, 0.05) is 24.9 Å². The average Bonchev–Trinajstić information content (AvgIpc) is 2.29. The van der Waals surface area contributed by atoms with Crippen LogP contribution in [-0.2, 0) is 4.74 Å². The number of nitrogens with zero attached hydrogens (tertiary/aromatic N) is 1. The fraction of sp³-hybridized carbons (Fsp3) is 0.455. The molecule has 0 saturated carbocycles. The molecule has 6 heteroatoms. The average molecular weight is 259 g/mol. The second kappa shape index (κ2) is 7.21. The van der Waals surface area contributed by atoms with Crippen LogP contribution >= 0.6 is 11.6 Å². The normalized spacial score (nSPS) is 12.2. The summed E-state index contributed by atoms with van der Waals surface area (Å²) in [5.41, 5.74) is 0.247. The van der Waals surface area contributed by atoms with Gasteiger partial charge in [-0.05, 0) is 18.6 Å². The van der Waals surface area contributed by atoms with Crippen molar-refractivity contribution in [1.29, 1.82) is 0 Å². The van der Waals surface area contributed by atoms with Crippen LogP contribution < -0.4 is 5.32 Å². The fourth-order valence-corrected chi connectivity index (χ4v) is 1.50. The zero-order valence-corrected chi connectivity index (χ0v) is 10.3. The molecule has 94 valence electrons. The van der Waals surface area contributed by atoms with Crippen molar-refractivity contribution in [2.75, 3.05) is 20.3 Å². The Hall–Kier alpha value is -1.17. The number of carbonyl (C=O) groups is 1. The molecule has 17 heavy (non-hydrogen) atoms. The lowest BCUT2D eigenvalue weighted by atomic mass is 10.2. The number of aliphatic hydroxyl groups excluding tert-OH is 1. The second-order valence-corrected chi connectivity index (χ2v) is 3.93. The third-order valence-corrected chi connectivity index (χ3v) is 2.37. The highest BCUT2D eigenvalue weighted by molar-refractivity contribution is 6.30. The van der Waals surface area contributed by atoms with Crippen molar-refractivity contribution >= 4 is 17.5 Å². The van der Waals surface area contributed by atoms with Gasteiger partial charge in [-0.3, -0.25) is 9.78 Å². The molecular weight excluding hydrogens is 244 g/mol. The van der Waals surface area contributed by atoms with Crippen molar-refractivity contribution in [3.8, 4) is 0 Å². The quantitative estimate of drug-likeness (QED) is 0.794. The smallest absolute Gasteiger partial charge is 0.270 e. The van der Waals surface area contributed by atoms with E-state index in [4.69, 9.17) is 21.4 Å². The number of carbonyl (C=O) groups excluding carboxylic acids is 1. The lowest BCUT2D eigenvalue weighted by molar-refractivity contribution is 0.0874. The molecule has 0 aliphatic carbocycles. The molecule has 0 aliphatic heterocycles. The number of aliphatic hydroxyl groups is 1. The highest BCUT2D eigenvalue weighted by Gasteiger charge is 2.14. The molecular formula is C11H15ClN2O3. The van der Waals surface area contributed by atoms with Crippen LogP contribution in [0.1, 0.15) is 16.9 Å². The first kappa shape index (κ1) is 13.9. The van der Waals surface area contributed by atoms with Crippen LogP contribution in [-0.4, -0.2) is 42.4 Å². The molecule has 1 heterocycles. The van der Waals surface area contributed by atoms with Gasteiger partial charge in [-0.15, -0.1) is 0 Å². The van der Waals surface area contributed by atoms with Crippen molar-refractivity contribution in [3.05, 3.63) is 29.0 Å². The third kappa shape index (κ3) is 4.68. The number of hydrogen-bond donors (Lipinski definition) is 2. The molecule has 1 rings (SSSR count). The minimum absolute atomic E-state index is 0.0166. The van der Waals surface area contributed by atoms with Gasteiger partial charge >= 0.3 is 0 Å². The standard InChI is InChI=1S/C11H15ClN2O3/c1-17-7-9(3-5-15)14-11(16)10-6-8(12)2-4-13-10/h2,4,6,9,15H,3,5,7H2,1H3,(H,14,16). The number of hydrogen-bond acceptors (Lipinski definition) is 4. The number of rotatable bonds is 6. The van der Waals surface area contributed by atoms with Gasteiger partial charge in [0.05, 0.1) is 12.6 Å². The number of methoxy groups -OCH3 is 1. The first-order valence-electron chi connectivity index (χ1n) is 5.19. The molecule has 0 bridgehead atoms. The molecule has 1 atom stereocenters. The maximum Gasteiger partial charge on any atom is 0.270 e. The molecule has 2 N–H and O–H groups in total. The number of aromatic nitrogens is 1. The van der Waals surface area contributed by atoms with E-state index >= 15 is 0 Å². The monoisotopic (exact) mass is 258 g/mol. The van der Waals surface area contributed by atoms with Crippen LogP contribution in [0.25, 0.3) is 0 Å². The van der Waals surface area contributed by atoms with E-state index in [1.807, 2.05) is 0 Å². The SMILES string of the molecule is COCC(CCO)NC(=O)c1cc(Cl)ccn1. The van der Waals surface area contributed by atoms with Crippen molar-refractivity contribution in [3.63, 3.8) is 0 Å². The Labute approximate surface area is 105 Å². The third-order valence-electron chi connectivity index (χ3n) is 2.14. The summed E-state index contributed by atoms with van der Waals surface area (Å²) in [6, 6.07) is 2.84. The number of amides is 1. The largest absolute Gasteiger partial charge is 0.396 e. The molecule has 0 aliphatic rings. The van der Waals surface area contributed by atoms with Crippen LogP contribution in [0.15, 0.2) is 18.3 Å². The number of halogens is 1. The lowest BCUT2D eigenvalue weighted by Gasteiger charge is -2.16. The molecule has 0 saturated heterocycles. The van der Waals surface area contributed by atoms with Crippen molar-refractivity contribution in [1.82, 2.24) is 10.3 Å². The van der Waals surface area contributed by atoms with E-state index in [0.29, 0.717) is 18.1 Å². The van der Waals surface area contributed by atoms with Gasteiger partial charge in [-0.2, -0.15) is 0 Å². The van der Waals surface area contributed by atoms with Crippen molar-refractivity contribution in [2.45, 2.75) is 12.5 Å². The van der Waals surface area contributed by atoms with Gasteiger partial charge in [-0.25, -0.2) is 0 Å². The number of nitrogens with one attached hydrogen (secondary N) is 1. The highest BCUT2D eigenvalue weighted by atomic mass is 35.5. The maximum atomic E-state index is 11.8. The summed E-state index contributed by atoms with van der Waals surface area (Å²) in [5, 5.41) is 12.0. The summed E-state index contributed by atoms with van der Waals surface area (Å²) < 4.78 is 4.94. The molecule has 0 spiro atoms. The van der Waals surface area contributed by atoms with Gasteiger partial charge in [-0.1, -0.05) is 11.6 Å². The Kier molecular flexibility index (Phi) is 5.90. The highest BCUT2D eigenvalue weighted by Crippen LogP contribution is 2.08. The molecule has 5 nitrogen and oxygen atoms in total. The summed E-state index contributed by atoms with van der Waals surface area (Å²) in [7, 11) is 1.54. The van der Waals surface area contributed by atoms with E-state index in [1.54, 1.807) is 6.07 Å².